The van der Waals surface area contributed by atoms with Crippen molar-refractivity contribution in [2.24, 2.45) is 0 Å². The van der Waals surface area contributed by atoms with Crippen LogP contribution in [0.2, 0.25) is 5.02 Å². The fraction of sp³-hybridized carbons (Fsp3) is 0.667. The lowest BCUT2D eigenvalue weighted by Gasteiger charge is -2.04. The maximum atomic E-state index is 5.87. The maximum Gasteiger partial charge on any atom is 0.0466 e. The third-order valence-electron chi connectivity index (χ3n) is 3.56. The molecule has 0 heterocycles. The Morgan fingerprint density at radius 3 is 2.10 bits per heavy atom. The van der Waals surface area contributed by atoms with E-state index in [1.165, 1.54) is 63.4 Å². The number of hydrogen-bond acceptors (Lipinski definition) is 1. The highest BCUT2D eigenvalue weighted by atomic mass is 35.5. The summed E-state index contributed by atoms with van der Waals surface area (Å²) in [6.45, 7) is 4.12. The van der Waals surface area contributed by atoms with E-state index in [4.69, 9.17) is 16.3 Å². The van der Waals surface area contributed by atoms with Crippen molar-refractivity contribution < 1.29 is 4.74 Å². The molecule has 0 spiro atoms. The minimum Gasteiger partial charge on any atom is -0.381 e. The second kappa shape index (κ2) is 12.2. The fourth-order valence-electron chi connectivity index (χ4n) is 2.27. The van der Waals surface area contributed by atoms with Crippen LogP contribution < -0.4 is 0 Å². The average molecular weight is 297 g/mol. The fourth-order valence-corrected chi connectivity index (χ4v) is 2.40. The Morgan fingerprint density at radius 2 is 1.40 bits per heavy atom. The summed E-state index contributed by atoms with van der Waals surface area (Å²) >= 11 is 5.87. The zero-order valence-electron chi connectivity index (χ0n) is 12.9. The van der Waals surface area contributed by atoms with Gasteiger partial charge in [-0.05, 0) is 43.4 Å². The molecule has 114 valence electrons. The van der Waals surface area contributed by atoms with Gasteiger partial charge >= 0.3 is 0 Å². The molecule has 20 heavy (non-hydrogen) atoms. The molecule has 0 aromatic heterocycles. The molecule has 0 bridgehead atoms. The van der Waals surface area contributed by atoms with Gasteiger partial charge in [0.15, 0.2) is 0 Å². The molecular weight excluding hydrogens is 268 g/mol. The molecule has 0 amide bonds. The molecule has 0 radical (unpaired) electrons. The number of benzene rings is 1. The number of halogens is 1. The van der Waals surface area contributed by atoms with Gasteiger partial charge in [0.05, 0.1) is 0 Å². The normalized spacial score (nSPS) is 10.9. The van der Waals surface area contributed by atoms with Crippen molar-refractivity contribution >= 4 is 11.6 Å². The molecule has 0 aliphatic rings. The van der Waals surface area contributed by atoms with E-state index in [-0.39, 0.29) is 0 Å². The molecule has 0 N–H and O–H groups in total. The van der Waals surface area contributed by atoms with E-state index in [0.717, 1.165) is 18.2 Å². The first kappa shape index (κ1) is 17.5. The van der Waals surface area contributed by atoms with Gasteiger partial charge in [-0.3, -0.25) is 0 Å². The Balaban J connectivity index is 1.84. The summed E-state index contributed by atoms with van der Waals surface area (Å²) in [4.78, 5) is 0. The summed E-state index contributed by atoms with van der Waals surface area (Å²) in [6, 6.07) is 8.22. The van der Waals surface area contributed by atoms with Crippen molar-refractivity contribution in [2.75, 3.05) is 13.2 Å². The quantitative estimate of drug-likeness (QED) is 0.427. The Bertz CT molecular complexity index is 321. The van der Waals surface area contributed by atoms with E-state index >= 15 is 0 Å². The number of aryl methyl sites for hydroxylation is 1. The van der Waals surface area contributed by atoms with Crippen LogP contribution in [-0.2, 0) is 11.2 Å². The predicted molar refractivity (Wildman–Crippen MR) is 88.6 cm³/mol. The van der Waals surface area contributed by atoms with Crippen molar-refractivity contribution in [1.82, 2.24) is 0 Å². The lowest BCUT2D eigenvalue weighted by atomic mass is 10.1. The minimum atomic E-state index is 0.827. The SMILES string of the molecule is CCCCCOCCCCCCCc1ccc(Cl)cc1. The van der Waals surface area contributed by atoms with Gasteiger partial charge in [-0.15, -0.1) is 0 Å². The van der Waals surface area contributed by atoms with Crippen LogP contribution in [0.5, 0.6) is 0 Å². The third-order valence-corrected chi connectivity index (χ3v) is 3.81. The highest BCUT2D eigenvalue weighted by Crippen LogP contribution is 2.13. The Labute approximate surface area is 129 Å². The van der Waals surface area contributed by atoms with Gasteiger partial charge in [-0.1, -0.05) is 62.8 Å². The number of ether oxygens (including phenoxy) is 1. The second-order valence-corrected chi connectivity index (χ2v) is 5.90. The maximum absolute atomic E-state index is 5.87. The lowest BCUT2D eigenvalue weighted by Crippen LogP contribution is -1.97. The Hall–Kier alpha value is -0.530. The monoisotopic (exact) mass is 296 g/mol. The van der Waals surface area contributed by atoms with Gasteiger partial charge in [0, 0.05) is 18.2 Å². The van der Waals surface area contributed by atoms with Gasteiger partial charge in [0.1, 0.15) is 0 Å². The molecule has 0 fully saturated rings. The molecule has 0 saturated carbocycles. The largest absolute Gasteiger partial charge is 0.381 e. The molecule has 0 atom stereocenters. The zero-order chi connectivity index (χ0) is 14.5. The first-order chi connectivity index (χ1) is 9.83. The topological polar surface area (TPSA) is 9.23 Å². The lowest BCUT2D eigenvalue weighted by molar-refractivity contribution is 0.126. The molecule has 0 saturated heterocycles. The third kappa shape index (κ3) is 9.39. The number of hydrogen-bond donors (Lipinski definition) is 0. The van der Waals surface area contributed by atoms with E-state index in [2.05, 4.69) is 19.1 Å². The molecule has 0 aliphatic carbocycles. The van der Waals surface area contributed by atoms with Crippen LogP contribution in [-0.4, -0.2) is 13.2 Å². The van der Waals surface area contributed by atoms with Crippen molar-refractivity contribution in [3.05, 3.63) is 34.9 Å². The highest BCUT2D eigenvalue weighted by Gasteiger charge is 1.95. The zero-order valence-corrected chi connectivity index (χ0v) is 13.6. The van der Waals surface area contributed by atoms with Crippen LogP contribution in [0.3, 0.4) is 0 Å². The van der Waals surface area contributed by atoms with Crippen LogP contribution in [0.4, 0.5) is 0 Å². The second-order valence-electron chi connectivity index (χ2n) is 5.46. The first-order valence-electron chi connectivity index (χ1n) is 8.15. The summed E-state index contributed by atoms with van der Waals surface area (Å²) in [5, 5.41) is 0.827. The van der Waals surface area contributed by atoms with Crippen LogP contribution in [0, 0.1) is 0 Å². The summed E-state index contributed by atoms with van der Waals surface area (Å²) in [5.74, 6) is 0. The van der Waals surface area contributed by atoms with Crippen LogP contribution in [0.15, 0.2) is 24.3 Å². The number of unbranched alkanes of at least 4 members (excludes halogenated alkanes) is 6. The molecule has 2 heteroatoms. The van der Waals surface area contributed by atoms with Crippen molar-refractivity contribution in [2.45, 2.75) is 64.7 Å². The van der Waals surface area contributed by atoms with Crippen LogP contribution in [0.1, 0.15) is 63.9 Å². The summed E-state index contributed by atoms with van der Waals surface area (Å²) in [7, 11) is 0. The molecule has 1 nitrogen and oxygen atoms in total. The molecule has 1 aromatic rings. The Kier molecular flexibility index (Phi) is 10.7. The summed E-state index contributed by atoms with van der Waals surface area (Å²) < 4.78 is 5.61. The predicted octanol–water partition coefficient (Wildman–Crippen LogP) is 6.04. The van der Waals surface area contributed by atoms with E-state index in [0.29, 0.717) is 0 Å². The van der Waals surface area contributed by atoms with E-state index < -0.39 is 0 Å². The number of rotatable bonds is 12. The van der Waals surface area contributed by atoms with E-state index in [1.807, 2.05) is 12.1 Å². The minimum absolute atomic E-state index is 0.827. The van der Waals surface area contributed by atoms with Crippen molar-refractivity contribution in [1.29, 1.82) is 0 Å². The van der Waals surface area contributed by atoms with Gasteiger partial charge in [0.25, 0.3) is 0 Å². The van der Waals surface area contributed by atoms with Crippen molar-refractivity contribution in [3.8, 4) is 0 Å². The summed E-state index contributed by atoms with van der Waals surface area (Å²) in [6.07, 6.45) is 11.4. The first-order valence-corrected chi connectivity index (χ1v) is 8.53. The molecule has 1 aromatic carbocycles. The average Bonchev–Trinajstić information content (AvgIpc) is 2.47. The van der Waals surface area contributed by atoms with Gasteiger partial charge < -0.3 is 4.74 Å². The van der Waals surface area contributed by atoms with Crippen LogP contribution >= 0.6 is 11.6 Å². The molecule has 0 aliphatic heterocycles. The molecule has 0 unspecified atom stereocenters. The standard InChI is InChI=1S/C18H29ClO/c1-2-3-8-15-20-16-9-6-4-5-7-10-17-11-13-18(19)14-12-17/h11-14H,2-10,15-16H2,1H3. The van der Waals surface area contributed by atoms with E-state index in [9.17, 15) is 0 Å². The smallest absolute Gasteiger partial charge is 0.0466 e. The van der Waals surface area contributed by atoms with Crippen molar-refractivity contribution in [3.63, 3.8) is 0 Å². The highest BCUT2D eigenvalue weighted by molar-refractivity contribution is 6.30. The molecule has 1 rings (SSSR count). The van der Waals surface area contributed by atoms with Crippen LogP contribution in [0.25, 0.3) is 0 Å². The van der Waals surface area contributed by atoms with Gasteiger partial charge in [0.2, 0.25) is 0 Å². The Morgan fingerprint density at radius 1 is 0.800 bits per heavy atom. The van der Waals surface area contributed by atoms with Gasteiger partial charge in [-0.2, -0.15) is 0 Å². The molecular formula is C18H29ClO. The van der Waals surface area contributed by atoms with E-state index in [1.54, 1.807) is 0 Å². The summed E-state index contributed by atoms with van der Waals surface area (Å²) in [5.41, 5.74) is 1.40. The van der Waals surface area contributed by atoms with Gasteiger partial charge in [-0.25, -0.2) is 0 Å².